The zero-order chi connectivity index (χ0) is 12.7. The van der Waals surface area contributed by atoms with Crippen molar-refractivity contribution in [2.75, 3.05) is 12.8 Å². The first kappa shape index (κ1) is 15.4. The first-order valence-electron chi connectivity index (χ1n) is 7.46. The van der Waals surface area contributed by atoms with Gasteiger partial charge in [-0.05, 0) is 50.3 Å². The van der Waals surface area contributed by atoms with Gasteiger partial charge in [-0.3, -0.25) is 0 Å². The second-order valence-corrected chi connectivity index (χ2v) is 7.30. The fraction of sp³-hybridized carbons (Fsp3) is 1.00. The maximum Gasteiger partial charge on any atom is 0.0203 e. The minimum Gasteiger partial charge on any atom is -0.316 e. The highest BCUT2D eigenvalue weighted by atomic mass is 32.2. The smallest absolute Gasteiger partial charge is 0.0203 e. The lowest BCUT2D eigenvalue weighted by Crippen LogP contribution is -2.41. The Hall–Kier alpha value is 0.310. The monoisotopic (exact) mass is 257 g/mol. The molecule has 1 N–H and O–H groups in total. The average Bonchev–Trinajstić information content (AvgIpc) is 2.29. The molecule has 3 unspecified atom stereocenters. The second kappa shape index (κ2) is 8.42. The van der Waals surface area contributed by atoms with Crippen molar-refractivity contribution in [2.45, 2.75) is 70.6 Å². The van der Waals surface area contributed by atoms with E-state index in [2.05, 4.69) is 44.9 Å². The summed E-state index contributed by atoms with van der Waals surface area (Å²) in [5.74, 6) is 3.20. The third kappa shape index (κ3) is 5.65. The topological polar surface area (TPSA) is 12.0 Å². The summed E-state index contributed by atoms with van der Waals surface area (Å²) in [5.41, 5.74) is 0. The molecule has 3 atom stereocenters. The van der Waals surface area contributed by atoms with E-state index in [-0.39, 0.29) is 0 Å². The van der Waals surface area contributed by atoms with Crippen LogP contribution in [0.3, 0.4) is 0 Å². The average molecular weight is 257 g/mol. The number of hydrogen-bond donors (Lipinski definition) is 1. The molecule has 1 aliphatic rings. The van der Waals surface area contributed by atoms with E-state index in [9.17, 15) is 0 Å². The lowest BCUT2D eigenvalue weighted by Gasteiger charge is -2.36. The largest absolute Gasteiger partial charge is 0.316 e. The number of thioether (sulfide) groups is 1. The van der Waals surface area contributed by atoms with Gasteiger partial charge >= 0.3 is 0 Å². The Bertz CT molecular complexity index is 193. The summed E-state index contributed by atoms with van der Waals surface area (Å²) in [6.07, 6.45) is 8.45. The summed E-state index contributed by atoms with van der Waals surface area (Å²) >= 11 is 2.23. The van der Waals surface area contributed by atoms with E-state index in [1.54, 1.807) is 0 Å². The third-order valence-corrected chi connectivity index (χ3v) is 5.42. The van der Waals surface area contributed by atoms with Crippen molar-refractivity contribution in [2.24, 2.45) is 11.8 Å². The molecule has 1 saturated carbocycles. The van der Waals surface area contributed by atoms with Crippen LogP contribution in [0.4, 0.5) is 0 Å². The van der Waals surface area contributed by atoms with Crippen molar-refractivity contribution in [3.05, 3.63) is 0 Å². The molecule has 0 aromatic carbocycles. The van der Waals surface area contributed by atoms with E-state index >= 15 is 0 Å². The molecule has 0 aromatic rings. The van der Waals surface area contributed by atoms with E-state index in [0.717, 1.165) is 23.1 Å². The zero-order valence-corrected chi connectivity index (χ0v) is 13.0. The molecule has 0 saturated heterocycles. The van der Waals surface area contributed by atoms with Gasteiger partial charge in [-0.2, -0.15) is 11.8 Å². The van der Waals surface area contributed by atoms with Crippen molar-refractivity contribution in [1.29, 1.82) is 0 Å². The van der Waals surface area contributed by atoms with Crippen LogP contribution in [0.15, 0.2) is 0 Å². The van der Waals surface area contributed by atoms with Gasteiger partial charge in [0.2, 0.25) is 0 Å². The molecule has 0 heterocycles. The van der Waals surface area contributed by atoms with Crippen molar-refractivity contribution < 1.29 is 0 Å². The standard InChI is InChI=1S/C15H31NS/c1-5-6-13-7-8-14(16-4)15(11-13)17-10-9-12(2)3/h12-16H,5-11H2,1-4H3. The quantitative estimate of drug-likeness (QED) is 0.729. The van der Waals surface area contributed by atoms with Crippen LogP contribution in [-0.4, -0.2) is 24.1 Å². The Balaban J connectivity index is 2.34. The molecule has 0 amide bonds. The third-order valence-electron chi connectivity index (χ3n) is 4.00. The van der Waals surface area contributed by atoms with E-state index in [1.165, 1.54) is 44.3 Å². The summed E-state index contributed by atoms with van der Waals surface area (Å²) in [5, 5.41) is 4.40. The summed E-state index contributed by atoms with van der Waals surface area (Å²) in [4.78, 5) is 0. The van der Waals surface area contributed by atoms with Gasteiger partial charge < -0.3 is 5.32 Å². The van der Waals surface area contributed by atoms with Crippen LogP contribution in [0.5, 0.6) is 0 Å². The zero-order valence-electron chi connectivity index (χ0n) is 12.2. The SMILES string of the molecule is CCCC1CCC(NC)C(SCCC(C)C)C1. The molecule has 1 rings (SSSR count). The molecule has 0 radical (unpaired) electrons. The number of rotatable bonds is 7. The molecular weight excluding hydrogens is 226 g/mol. The van der Waals surface area contributed by atoms with Gasteiger partial charge in [0.15, 0.2) is 0 Å². The predicted octanol–water partition coefficient (Wildman–Crippen LogP) is 4.32. The first-order chi connectivity index (χ1) is 8.17. The van der Waals surface area contributed by atoms with Crippen LogP contribution >= 0.6 is 11.8 Å². The van der Waals surface area contributed by atoms with Crippen LogP contribution in [0.2, 0.25) is 0 Å². The molecule has 0 spiro atoms. The van der Waals surface area contributed by atoms with Crippen LogP contribution in [0.1, 0.15) is 59.3 Å². The van der Waals surface area contributed by atoms with E-state index in [1.807, 2.05) is 0 Å². The van der Waals surface area contributed by atoms with Crippen LogP contribution < -0.4 is 5.32 Å². The number of nitrogens with one attached hydrogen (secondary N) is 1. The second-order valence-electron chi connectivity index (χ2n) is 5.95. The molecule has 17 heavy (non-hydrogen) atoms. The van der Waals surface area contributed by atoms with Crippen molar-refractivity contribution in [1.82, 2.24) is 5.32 Å². The molecule has 0 aliphatic heterocycles. The Morgan fingerprint density at radius 1 is 1.29 bits per heavy atom. The van der Waals surface area contributed by atoms with Crippen LogP contribution in [-0.2, 0) is 0 Å². The van der Waals surface area contributed by atoms with Gasteiger partial charge in [-0.15, -0.1) is 0 Å². The van der Waals surface area contributed by atoms with Crippen LogP contribution in [0.25, 0.3) is 0 Å². The summed E-state index contributed by atoms with van der Waals surface area (Å²) in [7, 11) is 2.14. The molecule has 1 nitrogen and oxygen atoms in total. The van der Waals surface area contributed by atoms with Gasteiger partial charge in [0.1, 0.15) is 0 Å². The molecule has 102 valence electrons. The fourth-order valence-electron chi connectivity index (χ4n) is 2.85. The Kier molecular flexibility index (Phi) is 7.61. The summed E-state index contributed by atoms with van der Waals surface area (Å²) < 4.78 is 0. The molecule has 1 fully saturated rings. The highest BCUT2D eigenvalue weighted by Gasteiger charge is 2.29. The Labute approximate surface area is 113 Å². The first-order valence-corrected chi connectivity index (χ1v) is 8.51. The Morgan fingerprint density at radius 2 is 2.06 bits per heavy atom. The van der Waals surface area contributed by atoms with E-state index < -0.39 is 0 Å². The summed E-state index contributed by atoms with van der Waals surface area (Å²) in [6, 6.07) is 0.764. The maximum atomic E-state index is 3.53. The molecule has 0 bridgehead atoms. The maximum absolute atomic E-state index is 3.53. The highest BCUT2D eigenvalue weighted by molar-refractivity contribution is 7.99. The molecule has 0 aromatic heterocycles. The minimum atomic E-state index is 0.764. The lowest BCUT2D eigenvalue weighted by atomic mass is 9.83. The van der Waals surface area contributed by atoms with Gasteiger partial charge in [0.25, 0.3) is 0 Å². The molecule has 2 heteroatoms. The van der Waals surface area contributed by atoms with E-state index in [0.29, 0.717) is 0 Å². The van der Waals surface area contributed by atoms with Crippen molar-refractivity contribution in [3.63, 3.8) is 0 Å². The normalized spacial score (nSPS) is 29.8. The van der Waals surface area contributed by atoms with Gasteiger partial charge in [0, 0.05) is 11.3 Å². The van der Waals surface area contributed by atoms with Gasteiger partial charge in [-0.1, -0.05) is 33.6 Å². The van der Waals surface area contributed by atoms with Crippen molar-refractivity contribution in [3.8, 4) is 0 Å². The number of hydrogen-bond acceptors (Lipinski definition) is 2. The minimum absolute atomic E-state index is 0.764. The van der Waals surface area contributed by atoms with E-state index in [4.69, 9.17) is 0 Å². The van der Waals surface area contributed by atoms with Crippen molar-refractivity contribution >= 4 is 11.8 Å². The summed E-state index contributed by atoms with van der Waals surface area (Å²) in [6.45, 7) is 6.98. The fourth-order valence-corrected chi connectivity index (χ4v) is 4.67. The predicted molar refractivity (Wildman–Crippen MR) is 80.8 cm³/mol. The van der Waals surface area contributed by atoms with Crippen LogP contribution in [0, 0.1) is 11.8 Å². The Morgan fingerprint density at radius 3 is 2.65 bits per heavy atom. The van der Waals surface area contributed by atoms with Gasteiger partial charge in [-0.25, -0.2) is 0 Å². The molecular formula is C15H31NS. The van der Waals surface area contributed by atoms with Gasteiger partial charge in [0.05, 0.1) is 0 Å². The lowest BCUT2D eigenvalue weighted by molar-refractivity contribution is 0.295. The highest BCUT2D eigenvalue weighted by Crippen LogP contribution is 2.35. The molecule has 1 aliphatic carbocycles.